The molecule has 1 atom stereocenters. The Morgan fingerprint density at radius 2 is 1.68 bits per heavy atom. The molecule has 4 heteroatoms. The van der Waals surface area contributed by atoms with E-state index < -0.39 is 6.10 Å². The van der Waals surface area contributed by atoms with Crippen LogP contribution < -0.4 is 0 Å². The summed E-state index contributed by atoms with van der Waals surface area (Å²) in [5.41, 5.74) is 0.999. The number of carbonyl (C=O) groups excluding carboxylic acids is 1. The fourth-order valence-corrected chi connectivity index (χ4v) is 2.15. The number of Topliss-reactive ketones (excluding diaryl/α,β-unsaturated/α-hetero) is 1. The van der Waals surface area contributed by atoms with E-state index in [4.69, 9.17) is 8.83 Å². The molecule has 0 aliphatic carbocycles. The normalized spacial score (nSPS) is 13.0. The monoisotopic (exact) mass is 294 g/mol. The largest absolute Gasteiger partial charge is 0.466 e. The van der Waals surface area contributed by atoms with E-state index >= 15 is 0 Å². The lowest BCUT2D eigenvalue weighted by atomic mass is 9.98. The zero-order chi connectivity index (χ0) is 15.4. The summed E-state index contributed by atoms with van der Waals surface area (Å²) in [6.07, 6.45) is 3.36. The zero-order valence-electron chi connectivity index (χ0n) is 11.7. The summed E-state index contributed by atoms with van der Waals surface area (Å²) in [6, 6.07) is 15.8. The highest BCUT2D eigenvalue weighted by atomic mass is 16.4. The highest BCUT2D eigenvalue weighted by Crippen LogP contribution is 2.27. The molecule has 22 heavy (non-hydrogen) atoms. The van der Waals surface area contributed by atoms with E-state index in [1.807, 2.05) is 30.3 Å². The van der Waals surface area contributed by atoms with Crippen LogP contribution in [0, 0.1) is 0 Å². The van der Waals surface area contributed by atoms with Crippen molar-refractivity contribution < 1.29 is 18.7 Å². The quantitative estimate of drug-likeness (QED) is 0.573. The van der Waals surface area contributed by atoms with Gasteiger partial charge in [0, 0.05) is 5.57 Å². The molecule has 0 amide bonds. The highest BCUT2D eigenvalue weighted by molar-refractivity contribution is 6.10. The van der Waals surface area contributed by atoms with Crippen LogP contribution in [0.1, 0.15) is 28.0 Å². The molecule has 1 N–H and O–H groups in total. The zero-order valence-corrected chi connectivity index (χ0v) is 11.7. The molecule has 2 aromatic heterocycles. The van der Waals surface area contributed by atoms with E-state index in [2.05, 4.69) is 0 Å². The van der Waals surface area contributed by atoms with Gasteiger partial charge in [0.25, 0.3) is 0 Å². The molecule has 110 valence electrons. The van der Waals surface area contributed by atoms with Crippen molar-refractivity contribution in [3.05, 3.63) is 89.8 Å². The summed E-state index contributed by atoms with van der Waals surface area (Å²) < 4.78 is 10.4. The lowest BCUT2D eigenvalue weighted by Gasteiger charge is -2.11. The molecule has 0 fully saturated rings. The Hall–Kier alpha value is -2.85. The molecule has 1 aromatic carbocycles. The van der Waals surface area contributed by atoms with Gasteiger partial charge in [0.05, 0.1) is 12.5 Å². The average molecular weight is 294 g/mol. The Balaban J connectivity index is 2.02. The summed E-state index contributed by atoms with van der Waals surface area (Å²) >= 11 is 0. The first kappa shape index (κ1) is 14.1. The van der Waals surface area contributed by atoms with Crippen molar-refractivity contribution in [1.29, 1.82) is 0 Å². The Morgan fingerprint density at radius 3 is 2.32 bits per heavy atom. The lowest BCUT2D eigenvalue weighted by Crippen LogP contribution is -2.11. The summed E-state index contributed by atoms with van der Waals surface area (Å²) in [5, 5.41) is 10.5. The summed E-state index contributed by atoms with van der Waals surface area (Å²) in [6.45, 7) is 0. The van der Waals surface area contributed by atoms with Gasteiger partial charge < -0.3 is 13.9 Å². The van der Waals surface area contributed by atoms with Crippen LogP contribution in [-0.4, -0.2) is 10.9 Å². The number of carbonyl (C=O) groups is 1. The summed E-state index contributed by atoms with van der Waals surface area (Å²) in [5.74, 6) is 0.104. The molecule has 2 heterocycles. The topological polar surface area (TPSA) is 63.6 Å². The van der Waals surface area contributed by atoms with Crippen LogP contribution in [0.3, 0.4) is 0 Å². The Morgan fingerprint density at radius 1 is 0.955 bits per heavy atom. The minimum absolute atomic E-state index is 0.174. The average Bonchev–Trinajstić information content (AvgIpc) is 3.25. The van der Waals surface area contributed by atoms with Crippen LogP contribution >= 0.6 is 0 Å². The first-order valence-corrected chi connectivity index (χ1v) is 6.82. The molecule has 0 bridgehead atoms. The van der Waals surface area contributed by atoms with Crippen molar-refractivity contribution in [2.24, 2.45) is 0 Å². The first-order valence-electron chi connectivity index (χ1n) is 6.82. The van der Waals surface area contributed by atoms with Crippen LogP contribution in [-0.2, 0) is 0 Å². The standard InChI is InChI=1S/C18H14O4/c19-17(15-8-4-10-21-15)14(12-13-6-2-1-3-7-13)18(20)16-9-5-11-22-16/h1-12,17,19H/b14-12-. The number of hydrogen-bond acceptors (Lipinski definition) is 4. The molecular weight excluding hydrogens is 280 g/mol. The van der Waals surface area contributed by atoms with E-state index in [1.165, 1.54) is 12.5 Å². The van der Waals surface area contributed by atoms with Gasteiger partial charge in [0.1, 0.15) is 11.9 Å². The highest BCUT2D eigenvalue weighted by Gasteiger charge is 2.25. The number of ketones is 1. The molecule has 0 aliphatic heterocycles. The summed E-state index contributed by atoms with van der Waals surface area (Å²) in [4.78, 5) is 12.6. The Kier molecular flexibility index (Phi) is 4.03. The van der Waals surface area contributed by atoms with Gasteiger partial charge in [-0.3, -0.25) is 4.79 Å². The fourth-order valence-electron chi connectivity index (χ4n) is 2.15. The molecule has 0 radical (unpaired) electrons. The second-order valence-electron chi connectivity index (χ2n) is 4.73. The Bertz CT molecular complexity index is 753. The van der Waals surface area contributed by atoms with Crippen LogP contribution in [0.15, 0.2) is 81.5 Å². The van der Waals surface area contributed by atoms with Crippen LogP contribution in [0.4, 0.5) is 0 Å². The van der Waals surface area contributed by atoms with Crippen molar-refractivity contribution in [2.45, 2.75) is 6.10 Å². The van der Waals surface area contributed by atoms with Crippen LogP contribution in [0.25, 0.3) is 6.08 Å². The molecule has 4 nitrogen and oxygen atoms in total. The van der Waals surface area contributed by atoms with Gasteiger partial charge >= 0.3 is 0 Å². The maximum atomic E-state index is 12.6. The molecule has 0 spiro atoms. The summed E-state index contributed by atoms with van der Waals surface area (Å²) in [7, 11) is 0. The minimum Gasteiger partial charge on any atom is -0.466 e. The van der Waals surface area contributed by atoms with Gasteiger partial charge in [-0.05, 0) is 35.9 Å². The van der Waals surface area contributed by atoms with Gasteiger partial charge in [0.2, 0.25) is 5.78 Å². The van der Waals surface area contributed by atoms with Crippen LogP contribution in [0.5, 0.6) is 0 Å². The Labute approximate surface area is 127 Å². The molecule has 0 saturated carbocycles. The number of furan rings is 2. The van der Waals surface area contributed by atoms with Gasteiger partial charge in [0.15, 0.2) is 5.76 Å². The molecule has 1 unspecified atom stereocenters. The van der Waals surface area contributed by atoms with E-state index in [0.29, 0.717) is 5.76 Å². The number of aliphatic hydroxyl groups excluding tert-OH is 1. The van der Waals surface area contributed by atoms with E-state index in [-0.39, 0.29) is 17.1 Å². The first-order chi connectivity index (χ1) is 10.8. The van der Waals surface area contributed by atoms with Crippen molar-refractivity contribution in [3.63, 3.8) is 0 Å². The third kappa shape index (κ3) is 2.92. The van der Waals surface area contributed by atoms with Gasteiger partial charge in [-0.25, -0.2) is 0 Å². The predicted molar refractivity (Wildman–Crippen MR) is 81.1 cm³/mol. The van der Waals surface area contributed by atoms with E-state index in [1.54, 1.807) is 30.3 Å². The van der Waals surface area contributed by atoms with E-state index in [0.717, 1.165) is 5.56 Å². The third-order valence-corrected chi connectivity index (χ3v) is 3.24. The van der Waals surface area contributed by atoms with Gasteiger partial charge in [-0.1, -0.05) is 30.3 Å². The van der Waals surface area contributed by atoms with Crippen LogP contribution in [0.2, 0.25) is 0 Å². The molecule has 3 aromatic rings. The van der Waals surface area contributed by atoms with Crippen molar-refractivity contribution in [1.82, 2.24) is 0 Å². The maximum Gasteiger partial charge on any atom is 0.227 e. The minimum atomic E-state index is -1.16. The number of benzene rings is 1. The van der Waals surface area contributed by atoms with E-state index in [9.17, 15) is 9.90 Å². The number of hydrogen-bond donors (Lipinski definition) is 1. The van der Waals surface area contributed by atoms with Gasteiger partial charge in [-0.2, -0.15) is 0 Å². The van der Waals surface area contributed by atoms with Crippen molar-refractivity contribution >= 4 is 11.9 Å². The molecular formula is C18H14O4. The van der Waals surface area contributed by atoms with Crippen molar-refractivity contribution in [3.8, 4) is 0 Å². The maximum absolute atomic E-state index is 12.6. The van der Waals surface area contributed by atoms with Crippen molar-refractivity contribution in [2.75, 3.05) is 0 Å². The lowest BCUT2D eigenvalue weighted by molar-refractivity contribution is 0.0950. The fraction of sp³-hybridized carbons (Fsp3) is 0.0556. The number of rotatable bonds is 5. The molecule has 3 rings (SSSR count). The number of aliphatic hydroxyl groups is 1. The SMILES string of the molecule is O=C(/C(=C\c1ccccc1)C(O)c1ccco1)c1ccco1. The molecule has 0 aliphatic rings. The predicted octanol–water partition coefficient (Wildman–Crippen LogP) is 3.87. The molecule has 0 saturated heterocycles. The van der Waals surface area contributed by atoms with Gasteiger partial charge in [-0.15, -0.1) is 0 Å². The second-order valence-corrected chi connectivity index (χ2v) is 4.73. The second kappa shape index (κ2) is 6.28. The third-order valence-electron chi connectivity index (χ3n) is 3.24. The smallest absolute Gasteiger partial charge is 0.227 e.